The van der Waals surface area contributed by atoms with Gasteiger partial charge in [0.2, 0.25) is 5.75 Å². The van der Waals surface area contributed by atoms with Gasteiger partial charge < -0.3 is 23.8 Å². The van der Waals surface area contributed by atoms with Crippen LogP contribution in [0.4, 0.5) is 19.0 Å². The zero-order valence-electron chi connectivity index (χ0n) is 20.5. The van der Waals surface area contributed by atoms with E-state index in [1.807, 2.05) is 0 Å². The molecule has 0 amide bonds. The molecule has 0 saturated heterocycles. The summed E-state index contributed by atoms with van der Waals surface area (Å²) in [5.74, 6) is 0.870. The van der Waals surface area contributed by atoms with Crippen molar-refractivity contribution in [2.24, 2.45) is 0 Å². The normalized spacial score (nSPS) is 11.1. The lowest BCUT2D eigenvalue weighted by Gasteiger charge is -2.22. The number of hydrogen-bond acceptors (Lipinski definition) is 8. The smallest absolute Gasteiger partial charge is 0.416 e. The number of esters is 1. The summed E-state index contributed by atoms with van der Waals surface area (Å²) in [6.45, 7) is 2.03. The Bertz CT molecular complexity index is 1210. The van der Waals surface area contributed by atoms with Crippen molar-refractivity contribution in [3.63, 3.8) is 0 Å². The average molecular weight is 505 g/mol. The minimum atomic E-state index is -4.52. The van der Waals surface area contributed by atoms with Gasteiger partial charge in [-0.05, 0) is 36.8 Å². The molecular formula is C25H26F3N3O5. The largest absolute Gasteiger partial charge is 0.493 e. The molecule has 0 N–H and O–H groups in total. The summed E-state index contributed by atoms with van der Waals surface area (Å²) in [4.78, 5) is 22.8. The first kappa shape index (κ1) is 26.6. The van der Waals surface area contributed by atoms with Crippen LogP contribution in [0.5, 0.6) is 17.2 Å². The number of rotatable bonds is 9. The van der Waals surface area contributed by atoms with E-state index in [1.54, 1.807) is 31.0 Å². The van der Waals surface area contributed by atoms with Crippen LogP contribution in [-0.4, -0.2) is 50.9 Å². The van der Waals surface area contributed by atoms with Crippen LogP contribution < -0.4 is 19.1 Å². The molecule has 0 aliphatic rings. The molecule has 0 spiro atoms. The maximum Gasteiger partial charge on any atom is 0.416 e. The van der Waals surface area contributed by atoms with Crippen LogP contribution in [0, 0.1) is 0 Å². The van der Waals surface area contributed by atoms with E-state index in [2.05, 4.69) is 9.97 Å². The van der Waals surface area contributed by atoms with Crippen LogP contribution in [0.2, 0.25) is 0 Å². The standard InChI is InChI=1S/C25H26F3N3O5/c1-6-36-24(32)18-13-29-22(16-8-7-9-17(12-16)25(26,27)28)30-23(18)31(2)14-15-10-19(33-3)21(35-5)20(11-15)34-4/h7-13H,6,14H2,1-5H3. The Labute approximate surface area is 206 Å². The molecular weight excluding hydrogens is 479 g/mol. The Balaban J connectivity index is 2.06. The predicted molar refractivity (Wildman–Crippen MR) is 127 cm³/mol. The third kappa shape index (κ3) is 5.78. The molecule has 36 heavy (non-hydrogen) atoms. The number of anilines is 1. The summed E-state index contributed by atoms with van der Waals surface area (Å²) in [5.41, 5.74) is 0.136. The van der Waals surface area contributed by atoms with Gasteiger partial charge in [0.1, 0.15) is 11.4 Å². The number of hydrogen-bond donors (Lipinski definition) is 0. The van der Waals surface area contributed by atoms with Crippen LogP contribution in [0.25, 0.3) is 11.4 Å². The van der Waals surface area contributed by atoms with Crippen molar-refractivity contribution in [2.45, 2.75) is 19.6 Å². The number of alkyl halides is 3. The number of methoxy groups -OCH3 is 3. The first-order valence-electron chi connectivity index (χ1n) is 10.8. The van der Waals surface area contributed by atoms with E-state index in [4.69, 9.17) is 18.9 Å². The molecule has 0 aliphatic carbocycles. The molecule has 0 bridgehead atoms. The SMILES string of the molecule is CCOC(=O)c1cnc(-c2cccc(C(F)(F)F)c2)nc1N(C)Cc1cc(OC)c(OC)c(OC)c1. The van der Waals surface area contributed by atoms with E-state index in [0.717, 1.165) is 17.7 Å². The Morgan fingerprint density at radius 2 is 1.69 bits per heavy atom. The number of carbonyl (C=O) groups is 1. The molecule has 0 saturated carbocycles. The van der Waals surface area contributed by atoms with Gasteiger partial charge in [0.15, 0.2) is 17.3 Å². The van der Waals surface area contributed by atoms with Crippen molar-refractivity contribution >= 4 is 11.8 Å². The van der Waals surface area contributed by atoms with Gasteiger partial charge in [0.05, 0.1) is 33.5 Å². The lowest BCUT2D eigenvalue weighted by Crippen LogP contribution is -2.22. The summed E-state index contributed by atoms with van der Waals surface area (Å²) >= 11 is 0. The van der Waals surface area contributed by atoms with Crippen LogP contribution in [-0.2, 0) is 17.5 Å². The second-order valence-electron chi connectivity index (χ2n) is 7.62. The summed E-state index contributed by atoms with van der Waals surface area (Å²) < 4.78 is 61.0. The van der Waals surface area contributed by atoms with Gasteiger partial charge >= 0.3 is 12.1 Å². The predicted octanol–water partition coefficient (Wildman–Crippen LogP) is 5.00. The fraction of sp³-hybridized carbons (Fsp3) is 0.320. The molecule has 0 fully saturated rings. The van der Waals surface area contributed by atoms with Crippen LogP contribution in [0.1, 0.15) is 28.4 Å². The molecule has 192 valence electrons. The molecule has 3 rings (SSSR count). The third-order valence-corrected chi connectivity index (χ3v) is 5.22. The second-order valence-corrected chi connectivity index (χ2v) is 7.62. The number of nitrogens with zero attached hydrogens (tertiary/aromatic N) is 3. The number of aromatic nitrogens is 2. The highest BCUT2D eigenvalue weighted by molar-refractivity contribution is 5.94. The van der Waals surface area contributed by atoms with Gasteiger partial charge in [-0.15, -0.1) is 0 Å². The maximum absolute atomic E-state index is 13.2. The van der Waals surface area contributed by atoms with E-state index in [1.165, 1.54) is 39.7 Å². The number of benzene rings is 2. The lowest BCUT2D eigenvalue weighted by atomic mass is 10.1. The summed E-state index contributed by atoms with van der Waals surface area (Å²) in [6, 6.07) is 8.17. The Morgan fingerprint density at radius 1 is 1.03 bits per heavy atom. The molecule has 0 unspecified atom stereocenters. The van der Waals surface area contributed by atoms with Crippen molar-refractivity contribution in [3.8, 4) is 28.6 Å². The fourth-order valence-electron chi connectivity index (χ4n) is 3.57. The summed E-state index contributed by atoms with van der Waals surface area (Å²) in [5, 5.41) is 0. The van der Waals surface area contributed by atoms with Gasteiger partial charge in [-0.1, -0.05) is 12.1 Å². The molecule has 0 radical (unpaired) electrons. The minimum Gasteiger partial charge on any atom is -0.493 e. The van der Waals surface area contributed by atoms with Crippen molar-refractivity contribution in [1.82, 2.24) is 9.97 Å². The lowest BCUT2D eigenvalue weighted by molar-refractivity contribution is -0.137. The zero-order valence-corrected chi connectivity index (χ0v) is 20.5. The quantitative estimate of drug-likeness (QED) is 0.376. The summed E-state index contributed by atoms with van der Waals surface area (Å²) in [7, 11) is 6.17. The van der Waals surface area contributed by atoms with Gasteiger partial charge in [0, 0.05) is 25.4 Å². The molecule has 8 nitrogen and oxygen atoms in total. The highest BCUT2D eigenvalue weighted by Gasteiger charge is 2.31. The van der Waals surface area contributed by atoms with Gasteiger partial charge in [-0.2, -0.15) is 13.2 Å². The first-order valence-corrected chi connectivity index (χ1v) is 10.8. The zero-order chi connectivity index (χ0) is 26.5. The molecule has 1 aromatic heterocycles. The molecule has 0 atom stereocenters. The molecule has 0 aliphatic heterocycles. The Hall–Kier alpha value is -4.02. The van der Waals surface area contributed by atoms with E-state index in [0.29, 0.717) is 17.2 Å². The highest BCUT2D eigenvalue weighted by Crippen LogP contribution is 2.39. The summed E-state index contributed by atoms with van der Waals surface area (Å²) in [6.07, 6.45) is -3.27. The van der Waals surface area contributed by atoms with E-state index >= 15 is 0 Å². The van der Waals surface area contributed by atoms with E-state index in [-0.39, 0.29) is 35.9 Å². The average Bonchev–Trinajstić information content (AvgIpc) is 2.87. The molecule has 3 aromatic rings. The van der Waals surface area contributed by atoms with Crippen molar-refractivity contribution in [1.29, 1.82) is 0 Å². The van der Waals surface area contributed by atoms with E-state index < -0.39 is 17.7 Å². The van der Waals surface area contributed by atoms with Crippen molar-refractivity contribution < 1.29 is 36.9 Å². The molecule has 1 heterocycles. The van der Waals surface area contributed by atoms with Crippen LogP contribution in [0.15, 0.2) is 42.6 Å². The van der Waals surface area contributed by atoms with Gasteiger partial charge in [0.25, 0.3) is 0 Å². The highest BCUT2D eigenvalue weighted by atomic mass is 19.4. The number of ether oxygens (including phenoxy) is 4. The second kappa shape index (κ2) is 11.1. The monoisotopic (exact) mass is 505 g/mol. The minimum absolute atomic E-state index is 0.0286. The molecule has 11 heteroatoms. The van der Waals surface area contributed by atoms with Crippen molar-refractivity contribution in [2.75, 3.05) is 39.9 Å². The Kier molecular flexibility index (Phi) is 8.23. The van der Waals surface area contributed by atoms with Gasteiger partial charge in [-0.3, -0.25) is 0 Å². The van der Waals surface area contributed by atoms with Crippen LogP contribution in [0.3, 0.4) is 0 Å². The Morgan fingerprint density at radius 3 is 2.25 bits per heavy atom. The number of halogens is 3. The number of carbonyl (C=O) groups excluding carboxylic acids is 1. The molecule has 2 aromatic carbocycles. The van der Waals surface area contributed by atoms with Crippen LogP contribution >= 0.6 is 0 Å². The maximum atomic E-state index is 13.2. The fourth-order valence-corrected chi connectivity index (χ4v) is 3.57. The topological polar surface area (TPSA) is 83.0 Å². The van der Waals surface area contributed by atoms with Crippen molar-refractivity contribution in [3.05, 3.63) is 59.3 Å². The first-order chi connectivity index (χ1) is 17.1. The van der Waals surface area contributed by atoms with E-state index in [9.17, 15) is 18.0 Å². The van der Waals surface area contributed by atoms with Gasteiger partial charge in [-0.25, -0.2) is 14.8 Å². The third-order valence-electron chi connectivity index (χ3n) is 5.22.